The summed E-state index contributed by atoms with van der Waals surface area (Å²) in [5, 5.41) is 0. The minimum atomic E-state index is 0. The van der Waals surface area contributed by atoms with Crippen LogP contribution in [0, 0.1) is 5.92 Å². The largest absolute Gasteiger partial charge is 0.494 e. The van der Waals surface area contributed by atoms with E-state index < -0.39 is 0 Å². The lowest BCUT2D eigenvalue weighted by molar-refractivity contribution is 0.291. The zero-order valence-electron chi connectivity index (χ0n) is 9.29. The van der Waals surface area contributed by atoms with Crippen LogP contribution in [0.1, 0.15) is 20.3 Å². The lowest BCUT2D eigenvalue weighted by Gasteiger charge is -2.10. The first-order valence-corrected chi connectivity index (χ1v) is 4.67. The molecule has 0 aromatic heterocycles. The second kappa shape index (κ2) is 8.32. The smallest absolute Gasteiger partial charge is 0.119 e. The van der Waals surface area contributed by atoms with E-state index in [1.807, 2.05) is 24.3 Å². The van der Waals surface area contributed by atoms with Crippen molar-refractivity contribution in [3.8, 4) is 5.75 Å². The van der Waals surface area contributed by atoms with Crippen molar-refractivity contribution in [2.75, 3.05) is 6.61 Å². The summed E-state index contributed by atoms with van der Waals surface area (Å²) in [5.74, 6) is 1.47. The molecule has 4 heteroatoms. The number of ether oxygens (including phenoxy) is 1. The molecule has 1 aromatic rings. The van der Waals surface area contributed by atoms with Gasteiger partial charge in [0.25, 0.3) is 0 Å². The number of rotatable bonds is 4. The van der Waals surface area contributed by atoms with Gasteiger partial charge in [0.15, 0.2) is 0 Å². The number of para-hydroxylation sites is 1. The SMILES string of the molecule is O.O.[B]c1ccccc1OCCC(C)C. The molecule has 4 N–H and O–H groups in total. The van der Waals surface area contributed by atoms with Crippen LogP contribution in [0.3, 0.4) is 0 Å². The van der Waals surface area contributed by atoms with Gasteiger partial charge in [-0.25, -0.2) is 0 Å². The van der Waals surface area contributed by atoms with Crippen molar-refractivity contribution in [1.82, 2.24) is 0 Å². The van der Waals surface area contributed by atoms with Crippen molar-refractivity contribution in [2.24, 2.45) is 5.92 Å². The Morgan fingerprint density at radius 1 is 1.20 bits per heavy atom. The third kappa shape index (κ3) is 6.15. The number of hydrogen-bond donors (Lipinski definition) is 0. The molecule has 0 saturated carbocycles. The highest BCUT2D eigenvalue weighted by atomic mass is 16.5. The van der Waals surface area contributed by atoms with E-state index >= 15 is 0 Å². The second-order valence-electron chi connectivity index (χ2n) is 3.57. The average molecular weight is 210 g/mol. The quantitative estimate of drug-likeness (QED) is 0.656. The lowest BCUT2D eigenvalue weighted by Crippen LogP contribution is -2.10. The van der Waals surface area contributed by atoms with Crippen LogP contribution in [0.2, 0.25) is 0 Å². The minimum absolute atomic E-state index is 0. The number of benzene rings is 1. The van der Waals surface area contributed by atoms with Crippen molar-refractivity contribution in [1.29, 1.82) is 0 Å². The summed E-state index contributed by atoms with van der Waals surface area (Å²) >= 11 is 0. The van der Waals surface area contributed by atoms with Gasteiger partial charge in [0.2, 0.25) is 0 Å². The Labute approximate surface area is 92.5 Å². The molecule has 84 valence electrons. The molecule has 0 spiro atoms. The highest BCUT2D eigenvalue weighted by Gasteiger charge is 1.98. The van der Waals surface area contributed by atoms with E-state index in [2.05, 4.69) is 13.8 Å². The van der Waals surface area contributed by atoms with E-state index in [1.165, 1.54) is 0 Å². The molecule has 0 aliphatic heterocycles. The van der Waals surface area contributed by atoms with Crippen LogP contribution in [0.4, 0.5) is 0 Å². The monoisotopic (exact) mass is 210 g/mol. The molecule has 2 radical (unpaired) electrons. The van der Waals surface area contributed by atoms with Gasteiger partial charge < -0.3 is 15.7 Å². The zero-order valence-corrected chi connectivity index (χ0v) is 9.29. The van der Waals surface area contributed by atoms with E-state index in [0.29, 0.717) is 11.4 Å². The Bertz CT molecular complexity index is 264. The Morgan fingerprint density at radius 2 is 1.80 bits per heavy atom. The van der Waals surface area contributed by atoms with Gasteiger partial charge in [0, 0.05) is 0 Å². The van der Waals surface area contributed by atoms with Gasteiger partial charge in [-0.1, -0.05) is 37.5 Å². The van der Waals surface area contributed by atoms with Crippen molar-refractivity contribution >= 4 is 13.3 Å². The van der Waals surface area contributed by atoms with Gasteiger partial charge in [0.05, 0.1) is 6.61 Å². The summed E-state index contributed by atoms with van der Waals surface area (Å²) in [6.45, 7) is 5.10. The van der Waals surface area contributed by atoms with E-state index in [1.54, 1.807) is 0 Å². The fourth-order valence-electron chi connectivity index (χ4n) is 1.02. The van der Waals surface area contributed by atoms with E-state index in [9.17, 15) is 0 Å². The Kier molecular flexibility index (Phi) is 9.12. The summed E-state index contributed by atoms with van der Waals surface area (Å²) in [7, 11) is 5.71. The molecule has 0 atom stereocenters. The molecule has 0 aliphatic rings. The molecule has 15 heavy (non-hydrogen) atoms. The van der Waals surface area contributed by atoms with E-state index in [4.69, 9.17) is 12.6 Å². The number of hydrogen-bond acceptors (Lipinski definition) is 1. The predicted octanol–water partition coefficient (Wildman–Crippen LogP) is 0.256. The molecule has 0 unspecified atom stereocenters. The van der Waals surface area contributed by atoms with Crippen LogP contribution in [0.15, 0.2) is 24.3 Å². The predicted molar refractivity (Wildman–Crippen MR) is 64.0 cm³/mol. The maximum absolute atomic E-state index is 5.71. The maximum Gasteiger partial charge on any atom is 0.119 e. The highest BCUT2D eigenvalue weighted by Crippen LogP contribution is 2.07. The van der Waals surface area contributed by atoms with Gasteiger partial charge in [-0.15, -0.1) is 0 Å². The second-order valence-corrected chi connectivity index (χ2v) is 3.57. The van der Waals surface area contributed by atoms with Gasteiger partial charge in [0.1, 0.15) is 13.6 Å². The summed E-state index contributed by atoms with van der Waals surface area (Å²) in [4.78, 5) is 0. The van der Waals surface area contributed by atoms with Crippen molar-refractivity contribution in [3.05, 3.63) is 24.3 Å². The lowest BCUT2D eigenvalue weighted by atomic mass is 9.95. The molecule has 0 amide bonds. The van der Waals surface area contributed by atoms with Crippen LogP contribution in [0.5, 0.6) is 5.75 Å². The van der Waals surface area contributed by atoms with E-state index in [-0.39, 0.29) is 11.0 Å². The zero-order chi connectivity index (χ0) is 9.68. The summed E-state index contributed by atoms with van der Waals surface area (Å²) in [6.07, 6.45) is 1.06. The average Bonchev–Trinajstić information content (AvgIpc) is 2.08. The molecule has 0 bridgehead atoms. The van der Waals surface area contributed by atoms with Crippen molar-refractivity contribution in [3.63, 3.8) is 0 Å². The third-order valence-corrected chi connectivity index (χ3v) is 1.87. The fraction of sp³-hybridized carbons (Fsp3) is 0.455. The van der Waals surface area contributed by atoms with Crippen LogP contribution in [0.25, 0.3) is 0 Å². The normalized spacial score (nSPS) is 9.00. The molecule has 1 aromatic carbocycles. The van der Waals surface area contributed by atoms with Crippen LogP contribution in [-0.2, 0) is 0 Å². The Hall–Kier alpha value is -0.995. The first kappa shape index (κ1) is 16.4. The molecular weight excluding hydrogens is 191 g/mol. The van der Waals surface area contributed by atoms with Gasteiger partial charge in [-0.2, -0.15) is 0 Å². The Morgan fingerprint density at radius 3 is 2.33 bits per heavy atom. The maximum atomic E-state index is 5.71. The third-order valence-electron chi connectivity index (χ3n) is 1.87. The summed E-state index contributed by atoms with van der Waals surface area (Å²) < 4.78 is 5.52. The van der Waals surface area contributed by atoms with Crippen LogP contribution < -0.4 is 10.2 Å². The molecule has 0 fully saturated rings. The molecule has 1 rings (SSSR count). The van der Waals surface area contributed by atoms with E-state index in [0.717, 1.165) is 18.8 Å². The van der Waals surface area contributed by atoms with Gasteiger partial charge in [-0.05, 0) is 18.4 Å². The molecular formula is C11H19BO3. The summed E-state index contributed by atoms with van der Waals surface area (Å²) in [6, 6.07) is 7.59. The molecule has 0 saturated heterocycles. The molecule has 0 heterocycles. The van der Waals surface area contributed by atoms with Crippen LogP contribution in [-0.4, -0.2) is 25.4 Å². The Balaban J connectivity index is 0. The first-order valence-electron chi connectivity index (χ1n) is 4.67. The van der Waals surface area contributed by atoms with Crippen molar-refractivity contribution < 1.29 is 15.7 Å². The fourth-order valence-corrected chi connectivity index (χ4v) is 1.02. The molecule has 0 aliphatic carbocycles. The standard InChI is InChI=1S/C11H15BO.2H2O/c1-9(2)7-8-13-11-6-4-3-5-10(11)12;;/h3-6,9H,7-8H2,1-2H3;2*1H2. The first-order chi connectivity index (χ1) is 6.20. The highest BCUT2D eigenvalue weighted by molar-refractivity contribution is 6.34. The summed E-state index contributed by atoms with van der Waals surface area (Å²) in [5.41, 5.74) is 0.714. The topological polar surface area (TPSA) is 72.2 Å². The van der Waals surface area contributed by atoms with Crippen LogP contribution >= 0.6 is 0 Å². The minimum Gasteiger partial charge on any atom is -0.494 e. The van der Waals surface area contributed by atoms with Gasteiger partial charge >= 0.3 is 0 Å². The van der Waals surface area contributed by atoms with Crippen molar-refractivity contribution in [2.45, 2.75) is 20.3 Å². The van der Waals surface area contributed by atoms with Gasteiger partial charge in [-0.3, -0.25) is 0 Å². The molecule has 3 nitrogen and oxygen atoms in total.